The summed E-state index contributed by atoms with van der Waals surface area (Å²) in [6, 6.07) is 1.87. The van der Waals surface area contributed by atoms with Gasteiger partial charge in [-0.1, -0.05) is 25.6 Å². The Morgan fingerprint density at radius 3 is 2.50 bits per heavy atom. The summed E-state index contributed by atoms with van der Waals surface area (Å²) in [6.07, 6.45) is 0. The third-order valence-corrected chi connectivity index (χ3v) is 3.75. The van der Waals surface area contributed by atoms with E-state index in [-0.39, 0.29) is 11.8 Å². The van der Waals surface area contributed by atoms with E-state index in [2.05, 4.69) is 23.9 Å². The van der Waals surface area contributed by atoms with Crippen LogP contribution in [0.4, 0.5) is 0 Å². The molecule has 2 heterocycles. The second-order valence-corrected chi connectivity index (χ2v) is 5.77. The van der Waals surface area contributed by atoms with Gasteiger partial charge in [-0.3, -0.25) is 0 Å². The first-order valence-electron chi connectivity index (χ1n) is 7.34. The van der Waals surface area contributed by atoms with Crippen LogP contribution in [0.25, 0.3) is 0 Å². The number of imidazole rings is 1. The summed E-state index contributed by atoms with van der Waals surface area (Å²) in [6.45, 7) is 8.31. The van der Waals surface area contributed by atoms with Gasteiger partial charge in [0.2, 0.25) is 11.8 Å². The number of methoxy groups -OCH3 is 1. The third-order valence-electron chi connectivity index (χ3n) is 3.75. The second kappa shape index (κ2) is 6.29. The smallest absolute Gasteiger partial charge is 0.250 e. The van der Waals surface area contributed by atoms with Gasteiger partial charge in [0, 0.05) is 13.1 Å². The molecule has 0 fully saturated rings. The van der Waals surface area contributed by atoms with Gasteiger partial charge in [-0.15, -0.1) is 5.10 Å². The van der Waals surface area contributed by atoms with Crippen LogP contribution in [-0.4, -0.2) is 38.3 Å². The molecule has 0 amide bonds. The van der Waals surface area contributed by atoms with Crippen molar-refractivity contribution in [3.05, 3.63) is 23.3 Å². The molecule has 0 aromatic carbocycles. The topological polar surface area (TPSA) is 74.3 Å². The molecule has 0 bridgehead atoms. The van der Waals surface area contributed by atoms with E-state index < -0.39 is 0 Å². The van der Waals surface area contributed by atoms with Crippen molar-refractivity contribution in [3.63, 3.8) is 0 Å². The van der Waals surface area contributed by atoms with Crippen LogP contribution in [0.15, 0.2) is 6.07 Å². The molecule has 0 aliphatic rings. The van der Waals surface area contributed by atoms with Gasteiger partial charge in [-0.05, 0) is 12.8 Å². The van der Waals surface area contributed by atoms with Gasteiger partial charge in [0.1, 0.15) is 12.4 Å². The van der Waals surface area contributed by atoms with E-state index in [4.69, 9.17) is 9.57 Å². The molecule has 1 N–H and O–H groups in total. The average molecular weight is 308 g/mol. The van der Waals surface area contributed by atoms with Crippen LogP contribution >= 0.6 is 0 Å². The quantitative estimate of drug-likeness (QED) is 0.883. The molecular formula is C15H24N4O3. The molecule has 0 spiro atoms. The standard InChI is InChI=1S/C15H24N4O3/c1-9(2)12-7-13(21-6)19(17-12)22-8-10(3)14-16-15(20)11(4)18(14)5/h7,9-10,20H,8H2,1-6H3. The van der Waals surface area contributed by atoms with E-state index in [0.717, 1.165) is 17.2 Å². The van der Waals surface area contributed by atoms with Gasteiger partial charge in [0.15, 0.2) is 0 Å². The summed E-state index contributed by atoms with van der Waals surface area (Å²) in [7, 11) is 3.46. The fourth-order valence-corrected chi connectivity index (χ4v) is 2.16. The zero-order valence-corrected chi connectivity index (χ0v) is 14.0. The number of aromatic hydroxyl groups is 1. The van der Waals surface area contributed by atoms with Crippen molar-refractivity contribution in [2.45, 2.75) is 39.5 Å². The van der Waals surface area contributed by atoms with E-state index in [0.29, 0.717) is 18.4 Å². The maximum absolute atomic E-state index is 9.69. The largest absolute Gasteiger partial charge is 0.492 e. The minimum absolute atomic E-state index is 0.000932. The van der Waals surface area contributed by atoms with Crippen LogP contribution in [0, 0.1) is 6.92 Å². The van der Waals surface area contributed by atoms with E-state index in [9.17, 15) is 5.11 Å². The van der Waals surface area contributed by atoms with E-state index in [1.54, 1.807) is 7.11 Å². The fourth-order valence-electron chi connectivity index (χ4n) is 2.16. The van der Waals surface area contributed by atoms with Crippen LogP contribution in [0.5, 0.6) is 11.8 Å². The molecular weight excluding hydrogens is 284 g/mol. The second-order valence-electron chi connectivity index (χ2n) is 5.77. The highest BCUT2D eigenvalue weighted by atomic mass is 16.7. The maximum Gasteiger partial charge on any atom is 0.250 e. The number of ether oxygens (including phenoxy) is 1. The van der Waals surface area contributed by atoms with Crippen molar-refractivity contribution in [1.82, 2.24) is 19.5 Å². The summed E-state index contributed by atoms with van der Waals surface area (Å²) in [5.74, 6) is 1.69. The van der Waals surface area contributed by atoms with Crippen molar-refractivity contribution in [3.8, 4) is 11.8 Å². The van der Waals surface area contributed by atoms with Gasteiger partial charge in [0.05, 0.1) is 24.4 Å². The highest BCUT2D eigenvalue weighted by Gasteiger charge is 2.18. The SMILES string of the molecule is COc1cc(C(C)C)nn1OCC(C)c1nc(O)c(C)n1C. The number of rotatable bonds is 6. The molecule has 7 heteroatoms. The zero-order valence-electron chi connectivity index (χ0n) is 14.0. The van der Waals surface area contributed by atoms with Crippen molar-refractivity contribution >= 4 is 0 Å². The lowest BCUT2D eigenvalue weighted by Gasteiger charge is -2.13. The first-order chi connectivity index (χ1) is 10.3. The van der Waals surface area contributed by atoms with Crippen LogP contribution in [-0.2, 0) is 7.05 Å². The predicted molar refractivity (Wildman–Crippen MR) is 82.3 cm³/mol. The highest BCUT2D eigenvalue weighted by molar-refractivity contribution is 5.21. The van der Waals surface area contributed by atoms with Crippen LogP contribution < -0.4 is 9.57 Å². The van der Waals surface area contributed by atoms with Crippen LogP contribution in [0.1, 0.15) is 49.8 Å². The number of nitrogens with zero attached hydrogens (tertiary/aromatic N) is 4. The molecule has 0 aliphatic carbocycles. The molecule has 0 saturated carbocycles. The highest BCUT2D eigenvalue weighted by Crippen LogP contribution is 2.22. The molecule has 2 rings (SSSR count). The molecule has 22 heavy (non-hydrogen) atoms. The van der Waals surface area contributed by atoms with Gasteiger partial charge in [-0.25, -0.2) is 0 Å². The summed E-state index contributed by atoms with van der Waals surface area (Å²) in [5.41, 5.74) is 1.65. The van der Waals surface area contributed by atoms with E-state index in [1.165, 1.54) is 4.85 Å². The van der Waals surface area contributed by atoms with Crippen molar-refractivity contribution < 1.29 is 14.7 Å². The van der Waals surface area contributed by atoms with Crippen molar-refractivity contribution in [2.24, 2.45) is 7.05 Å². The molecule has 7 nitrogen and oxygen atoms in total. The summed E-state index contributed by atoms with van der Waals surface area (Å²) < 4.78 is 7.14. The summed E-state index contributed by atoms with van der Waals surface area (Å²) in [4.78, 5) is 11.3. The van der Waals surface area contributed by atoms with Gasteiger partial charge in [-0.2, -0.15) is 4.98 Å². The maximum atomic E-state index is 9.69. The first-order valence-corrected chi connectivity index (χ1v) is 7.34. The van der Waals surface area contributed by atoms with Crippen LogP contribution in [0.3, 0.4) is 0 Å². The summed E-state index contributed by atoms with van der Waals surface area (Å²) in [5, 5.41) is 14.1. The predicted octanol–water partition coefficient (Wildman–Crippen LogP) is 1.99. The Morgan fingerprint density at radius 1 is 1.32 bits per heavy atom. The van der Waals surface area contributed by atoms with E-state index >= 15 is 0 Å². The van der Waals surface area contributed by atoms with Crippen molar-refractivity contribution in [2.75, 3.05) is 13.7 Å². The molecule has 2 aromatic heterocycles. The lowest BCUT2D eigenvalue weighted by molar-refractivity contribution is 0.0549. The minimum atomic E-state index is 0.000932. The molecule has 0 radical (unpaired) electrons. The molecule has 0 aliphatic heterocycles. The van der Waals surface area contributed by atoms with Gasteiger partial charge < -0.3 is 19.2 Å². The Hall–Kier alpha value is -2.18. The Balaban J connectivity index is 2.10. The molecule has 2 aromatic rings. The lowest BCUT2D eigenvalue weighted by Crippen LogP contribution is -2.21. The normalized spacial score (nSPS) is 12.7. The average Bonchev–Trinajstić information content (AvgIpc) is 3.01. The molecule has 1 unspecified atom stereocenters. The fraction of sp³-hybridized carbons (Fsp3) is 0.600. The number of aromatic nitrogens is 4. The number of hydrogen-bond acceptors (Lipinski definition) is 5. The molecule has 0 saturated heterocycles. The van der Waals surface area contributed by atoms with Gasteiger partial charge in [0.25, 0.3) is 0 Å². The molecule has 122 valence electrons. The monoisotopic (exact) mass is 308 g/mol. The van der Waals surface area contributed by atoms with Gasteiger partial charge >= 0.3 is 0 Å². The Kier molecular flexibility index (Phi) is 4.63. The van der Waals surface area contributed by atoms with Crippen molar-refractivity contribution in [1.29, 1.82) is 0 Å². The Morgan fingerprint density at radius 2 is 2.00 bits per heavy atom. The minimum Gasteiger partial charge on any atom is -0.492 e. The third kappa shape index (κ3) is 3.03. The summed E-state index contributed by atoms with van der Waals surface area (Å²) >= 11 is 0. The first kappa shape index (κ1) is 16.2. The molecule has 1 atom stereocenters. The van der Waals surface area contributed by atoms with E-state index in [1.807, 2.05) is 31.5 Å². The lowest BCUT2D eigenvalue weighted by atomic mass is 10.1. The number of hydrogen-bond donors (Lipinski definition) is 1. The van der Waals surface area contributed by atoms with Crippen LogP contribution in [0.2, 0.25) is 0 Å². The Bertz CT molecular complexity index is 645. The Labute approximate surface area is 130 Å². The zero-order chi connectivity index (χ0) is 16.4.